The number of hydrogen-bond donors (Lipinski definition) is 2. The molecule has 1 fully saturated rings. The second-order valence-corrected chi connectivity index (χ2v) is 5.37. The second kappa shape index (κ2) is 6.13. The van der Waals surface area contributed by atoms with Crippen molar-refractivity contribution >= 4 is 29.3 Å². The molecule has 0 bridgehead atoms. The topological polar surface area (TPSA) is 69.6 Å². The summed E-state index contributed by atoms with van der Waals surface area (Å²) in [5, 5.41) is 12.4. The molecule has 1 aliphatic heterocycles. The number of rotatable bonds is 2. The zero-order chi connectivity index (χ0) is 14.7. The number of nitrogens with one attached hydrogen (secondary N) is 1. The minimum Gasteiger partial charge on any atom is -0.481 e. The van der Waals surface area contributed by atoms with Crippen LogP contribution in [0.25, 0.3) is 0 Å². The molecule has 2 amide bonds. The van der Waals surface area contributed by atoms with Crippen LogP contribution in [0, 0.1) is 12.8 Å². The van der Waals surface area contributed by atoms with Crippen LogP contribution in [-0.4, -0.2) is 35.1 Å². The van der Waals surface area contributed by atoms with Gasteiger partial charge in [-0.2, -0.15) is 0 Å². The van der Waals surface area contributed by atoms with Crippen molar-refractivity contribution in [2.75, 3.05) is 18.4 Å². The van der Waals surface area contributed by atoms with Crippen molar-refractivity contribution in [2.24, 2.45) is 5.92 Å². The van der Waals surface area contributed by atoms with Crippen LogP contribution in [0.5, 0.6) is 0 Å². The molecule has 1 heterocycles. The van der Waals surface area contributed by atoms with Crippen molar-refractivity contribution in [1.82, 2.24) is 4.90 Å². The summed E-state index contributed by atoms with van der Waals surface area (Å²) in [4.78, 5) is 24.7. The van der Waals surface area contributed by atoms with Crippen molar-refractivity contribution in [2.45, 2.75) is 19.8 Å². The van der Waals surface area contributed by atoms with Gasteiger partial charge in [-0.1, -0.05) is 17.7 Å². The highest BCUT2D eigenvalue weighted by atomic mass is 35.5. The highest BCUT2D eigenvalue weighted by molar-refractivity contribution is 6.31. The zero-order valence-corrected chi connectivity index (χ0v) is 12.0. The smallest absolute Gasteiger partial charge is 0.321 e. The summed E-state index contributed by atoms with van der Waals surface area (Å²) in [6.07, 6.45) is 1.33. The Balaban J connectivity index is 2.04. The fourth-order valence-electron chi connectivity index (χ4n) is 2.30. The first-order valence-corrected chi connectivity index (χ1v) is 6.90. The summed E-state index contributed by atoms with van der Waals surface area (Å²) in [5.74, 6) is -1.32. The number of hydrogen-bond acceptors (Lipinski definition) is 2. The summed E-state index contributed by atoms with van der Waals surface area (Å²) < 4.78 is 0. The number of nitrogens with zero attached hydrogens (tertiary/aromatic N) is 1. The minimum atomic E-state index is -0.846. The van der Waals surface area contributed by atoms with E-state index in [1.165, 1.54) is 0 Å². The Morgan fingerprint density at radius 2 is 2.20 bits per heavy atom. The third-order valence-corrected chi connectivity index (χ3v) is 3.98. The predicted octanol–water partition coefficient (Wildman–Crippen LogP) is 2.98. The van der Waals surface area contributed by atoms with E-state index in [0.29, 0.717) is 30.1 Å². The van der Waals surface area contributed by atoms with E-state index >= 15 is 0 Å². The summed E-state index contributed by atoms with van der Waals surface area (Å²) in [7, 11) is 0. The number of piperidine rings is 1. The standard InChI is InChI=1S/C14H17ClN2O3/c1-9-11(15)5-2-6-12(9)16-14(20)17-7-3-4-10(8-17)13(18)19/h2,5-6,10H,3-4,7-8H2,1H3,(H,16,20)(H,18,19)/t10-/m0/s1. The van der Waals surface area contributed by atoms with Gasteiger partial charge in [-0.25, -0.2) is 4.79 Å². The van der Waals surface area contributed by atoms with Crippen LogP contribution in [0.2, 0.25) is 5.02 Å². The second-order valence-electron chi connectivity index (χ2n) is 4.97. The molecule has 0 unspecified atom stereocenters. The minimum absolute atomic E-state index is 0.251. The Hall–Kier alpha value is -1.75. The number of likely N-dealkylation sites (tertiary alicyclic amines) is 1. The average molecular weight is 297 g/mol. The highest BCUT2D eigenvalue weighted by Gasteiger charge is 2.28. The van der Waals surface area contributed by atoms with Gasteiger partial charge in [0.1, 0.15) is 0 Å². The monoisotopic (exact) mass is 296 g/mol. The first-order chi connectivity index (χ1) is 9.49. The lowest BCUT2D eigenvalue weighted by Gasteiger charge is -2.30. The first-order valence-electron chi connectivity index (χ1n) is 6.53. The van der Waals surface area contributed by atoms with E-state index in [-0.39, 0.29) is 12.6 Å². The van der Waals surface area contributed by atoms with Crippen LogP contribution < -0.4 is 5.32 Å². The number of halogens is 1. The van der Waals surface area contributed by atoms with Gasteiger partial charge in [0.05, 0.1) is 5.92 Å². The molecule has 0 radical (unpaired) electrons. The zero-order valence-electron chi connectivity index (χ0n) is 11.2. The van der Waals surface area contributed by atoms with Crippen molar-refractivity contribution in [3.05, 3.63) is 28.8 Å². The third-order valence-electron chi connectivity index (χ3n) is 3.57. The molecule has 0 aromatic heterocycles. The quantitative estimate of drug-likeness (QED) is 0.881. The van der Waals surface area contributed by atoms with E-state index in [9.17, 15) is 9.59 Å². The molecule has 6 heteroatoms. The van der Waals surface area contributed by atoms with Gasteiger partial charge in [-0.05, 0) is 37.5 Å². The number of carbonyl (C=O) groups excluding carboxylic acids is 1. The average Bonchev–Trinajstić information content (AvgIpc) is 2.44. The molecule has 1 aromatic carbocycles. The first kappa shape index (κ1) is 14.7. The van der Waals surface area contributed by atoms with Gasteiger partial charge >= 0.3 is 12.0 Å². The van der Waals surface area contributed by atoms with E-state index in [1.54, 1.807) is 23.1 Å². The number of urea groups is 1. The number of carbonyl (C=O) groups is 2. The van der Waals surface area contributed by atoms with Crippen LogP contribution in [0.15, 0.2) is 18.2 Å². The number of benzene rings is 1. The lowest BCUT2D eigenvalue weighted by Crippen LogP contribution is -2.44. The Labute approximate surface area is 122 Å². The van der Waals surface area contributed by atoms with Crippen molar-refractivity contribution in [3.8, 4) is 0 Å². The molecular formula is C14H17ClN2O3. The van der Waals surface area contributed by atoms with Crippen molar-refractivity contribution < 1.29 is 14.7 Å². The van der Waals surface area contributed by atoms with Crippen LogP contribution in [0.4, 0.5) is 10.5 Å². The van der Waals surface area contributed by atoms with E-state index < -0.39 is 11.9 Å². The van der Waals surface area contributed by atoms with E-state index in [1.807, 2.05) is 6.92 Å². The Morgan fingerprint density at radius 3 is 2.90 bits per heavy atom. The van der Waals surface area contributed by atoms with Crippen LogP contribution in [-0.2, 0) is 4.79 Å². The summed E-state index contributed by atoms with van der Waals surface area (Å²) in [6.45, 7) is 2.66. The number of aliphatic carboxylic acids is 1. The maximum Gasteiger partial charge on any atom is 0.321 e. The molecule has 0 aliphatic carbocycles. The molecule has 2 N–H and O–H groups in total. The van der Waals surface area contributed by atoms with E-state index in [2.05, 4.69) is 5.32 Å². The Morgan fingerprint density at radius 1 is 1.45 bits per heavy atom. The maximum absolute atomic E-state index is 12.2. The molecule has 1 aromatic rings. The molecule has 108 valence electrons. The summed E-state index contributed by atoms with van der Waals surface area (Å²) in [5.41, 5.74) is 1.45. The molecule has 1 aliphatic rings. The van der Waals surface area contributed by atoms with Crippen molar-refractivity contribution in [1.29, 1.82) is 0 Å². The van der Waals surface area contributed by atoms with Crippen LogP contribution >= 0.6 is 11.6 Å². The van der Waals surface area contributed by atoms with Gasteiger partial charge in [-0.15, -0.1) is 0 Å². The van der Waals surface area contributed by atoms with Gasteiger partial charge in [-0.3, -0.25) is 4.79 Å². The Bertz CT molecular complexity index is 533. The summed E-state index contributed by atoms with van der Waals surface area (Å²) in [6, 6.07) is 5.02. The molecular weight excluding hydrogens is 280 g/mol. The molecule has 0 spiro atoms. The lowest BCUT2D eigenvalue weighted by atomic mass is 9.99. The fourth-order valence-corrected chi connectivity index (χ4v) is 2.47. The lowest BCUT2D eigenvalue weighted by molar-refractivity contribution is -0.143. The number of amides is 2. The Kier molecular flexibility index (Phi) is 4.49. The molecule has 20 heavy (non-hydrogen) atoms. The van der Waals surface area contributed by atoms with Gasteiger partial charge in [0, 0.05) is 23.8 Å². The van der Waals surface area contributed by atoms with E-state index in [0.717, 1.165) is 5.56 Å². The summed E-state index contributed by atoms with van der Waals surface area (Å²) >= 11 is 6.01. The van der Waals surface area contributed by atoms with Crippen LogP contribution in [0.1, 0.15) is 18.4 Å². The predicted molar refractivity (Wildman–Crippen MR) is 77.1 cm³/mol. The number of carboxylic acids is 1. The molecule has 1 saturated heterocycles. The molecule has 1 atom stereocenters. The van der Waals surface area contributed by atoms with Crippen LogP contribution in [0.3, 0.4) is 0 Å². The maximum atomic E-state index is 12.2. The van der Waals surface area contributed by atoms with Crippen molar-refractivity contribution in [3.63, 3.8) is 0 Å². The van der Waals surface area contributed by atoms with Gasteiger partial charge in [0.15, 0.2) is 0 Å². The highest BCUT2D eigenvalue weighted by Crippen LogP contribution is 2.24. The normalized spacial score (nSPS) is 18.7. The van der Waals surface area contributed by atoms with E-state index in [4.69, 9.17) is 16.7 Å². The molecule has 5 nitrogen and oxygen atoms in total. The largest absolute Gasteiger partial charge is 0.481 e. The van der Waals surface area contributed by atoms with Gasteiger partial charge < -0.3 is 15.3 Å². The number of carboxylic acid groups (broad SMARTS) is 1. The van der Waals surface area contributed by atoms with Gasteiger partial charge in [0.2, 0.25) is 0 Å². The number of anilines is 1. The molecule has 0 saturated carbocycles. The molecule has 2 rings (SSSR count). The van der Waals surface area contributed by atoms with Gasteiger partial charge in [0.25, 0.3) is 0 Å². The third kappa shape index (κ3) is 3.22. The fraction of sp³-hybridized carbons (Fsp3) is 0.429. The SMILES string of the molecule is Cc1c(Cl)cccc1NC(=O)N1CCC[C@H](C(=O)O)C1.